The third-order valence-electron chi connectivity index (χ3n) is 3.45. The van der Waals surface area contributed by atoms with Crippen LogP contribution in [0.2, 0.25) is 0 Å². The van der Waals surface area contributed by atoms with E-state index in [0.29, 0.717) is 5.69 Å². The summed E-state index contributed by atoms with van der Waals surface area (Å²) in [4.78, 5) is 13.0. The highest BCUT2D eigenvalue weighted by atomic mass is 32.2. The lowest BCUT2D eigenvalue weighted by atomic mass is 10.3. The first-order chi connectivity index (χ1) is 10.1. The Balaban J connectivity index is 1.96. The second-order valence-electron chi connectivity index (χ2n) is 4.60. The van der Waals surface area contributed by atoms with E-state index in [4.69, 9.17) is 0 Å². The number of halogens is 1. The van der Waals surface area contributed by atoms with Crippen molar-refractivity contribution in [2.75, 3.05) is 0 Å². The summed E-state index contributed by atoms with van der Waals surface area (Å²) in [5.41, 5.74) is 2.43. The third kappa shape index (κ3) is 2.47. The Hall–Kier alpha value is -1.73. The fraction of sp³-hybridized carbons (Fsp3) is 0.143. The molecule has 0 amide bonds. The predicted molar refractivity (Wildman–Crippen MR) is 83.5 cm³/mol. The Morgan fingerprint density at radius 3 is 2.81 bits per heavy atom. The lowest BCUT2D eigenvalue weighted by Gasteiger charge is -2.03. The molecular formula is C14H12FN3OS2. The molecule has 0 bridgehead atoms. The van der Waals surface area contributed by atoms with Crippen LogP contribution in [0.25, 0.3) is 10.9 Å². The largest absolute Gasteiger partial charge is 0.345 e. The van der Waals surface area contributed by atoms with Crippen LogP contribution in [0.1, 0.15) is 16.2 Å². The maximum absolute atomic E-state index is 12.7. The van der Waals surface area contributed by atoms with Crippen LogP contribution >= 0.6 is 24.1 Å². The summed E-state index contributed by atoms with van der Waals surface area (Å²) >= 11 is 1.66. The number of hydrogen-bond donors (Lipinski definition) is 0. The lowest BCUT2D eigenvalue weighted by Crippen LogP contribution is -1.95. The Kier molecular flexibility index (Phi) is 3.77. The fourth-order valence-corrected chi connectivity index (χ4v) is 3.51. The van der Waals surface area contributed by atoms with Gasteiger partial charge in [-0.1, -0.05) is 11.8 Å². The quantitative estimate of drug-likeness (QED) is 0.680. The van der Waals surface area contributed by atoms with E-state index in [2.05, 4.69) is 5.10 Å². The molecule has 1 aromatic carbocycles. The summed E-state index contributed by atoms with van der Waals surface area (Å²) < 4.78 is 15.8. The second-order valence-corrected chi connectivity index (χ2v) is 6.20. The van der Waals surface area contributed by atoms with E-state index in [9.17, 15) is 8.68 Å². The summed E-state index contributed by atoms with van der Waals surface area (Å²) in [6.07, 6.45) is 2.49. The molecule has 0 saturated carbocycles. The van der Waals surface area contributed by atoms with E-state index in [-0.39, 0.29) is 12.3 Å². The van der Waals surface area contributed by atoms with E-state index in [1.807, 2.05) is 42.8 Å². The average Bonchev–Trinajstić information content (AvgIpc) is 3.02. The van der Waals surface area contributed by atoms with Gasteiger partial charge >= 0.3 is 0 Å². The number of carbonyl (C=O) groups excluding carboxylic acids is 1. The maximum atomic E-state index is 12.7. The smallest absolute Gasteiger partial charge is 0.188 e. The van der Waals surface area contributed by atoms with E-state index in [0.717, 1.165) is 32.7 Å². The molecule has 0 aliphatic heterocycles. The van der Waals surface area contributed by atoms with Gasteiger partial charge in [-0.2, -0.15) is 9.19 Å². The second kappa shape index (κ2) is 5.57. The average molecular weight is 321 g/mol. The van der Waals surface area contributed by atoms with Gasteiger partial charge in [0.05, 0.1) is 17.4 Å². The molecule has 0 unspecified atom stereocenters. The van der Waals surface area contributed by atoms with Crippen molar-refractivity contribution >= 4 is 41.3 Å². The number of aromatic nitrogens is 3. The minimum atomic E-state index is 0.0821. The van der Waals surface area contributed by atoms with Crippen molar-refractivity contribution in [2.45, 2.75) is 16.7 Å². The predicted octanol–water partition coefficient (Wildman–Crippen LogP) is 4.03. The molecular weight excluding hydrogens is 309 g/mol. The van der Waals surface area contributed by atoms with Crippen molar-refractivity contribution in [1.82, 2.24) is 13.8 Å². The number of nitrogens with zero attached hydrogens (tertiary/aromatic N) is 3. The molecule has 0 radical (unpaired) electrons. The molecule has 4 nitrogen and oxygen atoms in total. The number of hydrogen-bond acceptors (Lipinski definition) is 4. The first-order valence-corrected chi connectivity index (χ1v) is 7.69. The van der Waals surface area contributed by atoms with Crippen LogP contribution in [-0.4, -0.2) is 20.0 Å². The molecule has 2 heterocycles. The lowest BCUT2D eigenvalue weighted by molar-refractivity contribution is 0.111. The standard InChI is InChI=1S/C14H12FN3OS2/c1-9-14(6-11(8-19)17(9)2)20-12-3-4-13-10(5-12)7-16-18(13)21-15/h3-8H,1-2H3. The van der Waals surface area contributed by atoms with E-state index in [1.165, 1.54) is 4.09 Å². The number of carbonyl (C=O) groups is 1. The highest BCUT2D eigenvalue weighted by Crippen LogP contribution is 2.34. The van der Waals surface area contributed by atoms with Crippen LogP contribution in [0, 0.1) is 6.92 Å². The van der Waals surface area contributed by atoms with Gasteiger partial charge in [0.15, 0.2) is 18.6 Å². The number of rotatable bonds is 4. The number of aldehydes is 1. The van der Waals surface area contributed by atoms with Crippen molar-refractivity contribution in [3.63, 3.8) is 0 Å². The summed E-state index contributed by atoms with van der Waals surface area (Å²) in [7, 11) is 1.87. The molecule has 0 aliphatic rings. The topological polar surface area (TPSA) is 39.8 Å². The van der Waals surface area contributed by atoms with Crippen LogP contribution in [0.4, 0.5) is 3.89 Å². The Bertz CT molecular complexity index is 825. The molecule has 3 aromatic rings. The van der Waals surface area contributed by atoms with Gasteiger partial charge in [0.2, 0.25) is 0 Å². The van der Waals surface area contributed by atoms with E-state index in [1.54, 1.807) is 18.0 Å². The highest BCUT2D eigenvalue weighted by molar-refractivity contribution is 7.99. The van der Waals surface area contributed by atoms with Gasteiger partial charge in [0.25, 0.3) is 0 Å². The van der Waals surface area contributed by atoms with Gasteiger partial charge < -0.3 is 4.57 Å². The van der Waals surface area contributed by atoms with Gasteiger partial charge in [0, 0.05) is 27.9 Å². The van der Waals surface area contributed by atoms with Crippen LogP contribution < -0.4 is 0 Å². The van der Waals surface area contributed by atoms with Crippen LogP contribution in [-0.2, 0) is 7.05 Å². The van der Waals surface area contributed by atoms with Gasteiger partial charge in [-0.3, -0.25) is 4.79 Å². The van der Waals surface area contributed by atoms with E-state index >= 15 is 0 Å². The number of benzene rings is 1. The minimum Gasteiger partial charge on any atom is -0.345 e. The summed E-state index contributed by atoms with van der Waals surface area (Å²) in [6.45, 7) is 1.98. The molecule has 0 N–H and O–H groups in total. The maximum Gasteiger partial charge on any atom is 0.188 e. The summed E-state index contributed by atoms with van der Waals surface area (Å²) in [5.74, 6) is 0. The monoisotopic (exact) mass is 321 g/mol. The van der Waals surface area contributed by atoms with Crippen molar-refractivity contribution in [3.8, 4) is 0 Å². The zero-order valence-corrected chi connectivity index (χ0v) is 13.0. The molecule has 0 aliphatic carbocycles. The molecule has 108 valence electrons. The summed E-state index contributed by atoms with van der Waals surface area (Å²) in [6, 6.07) is 7.61. The molecule has 0 fully saturated rings. The van der Waals surface area contributed by atoms with Gasteiger partial charge in [-0.15, -0.1) is 3.89 Å². The number of fused-ring (bicyclic) bond motifs is 1. The van der Waals surface area contributed by atoms with Crippen molar-refractivity contribution < 1.29 is 8.68 Å². The normalized spacial score (nSPS) is 11.2. The Morgan fingerprint density at radius 2 is 2.14 bits per heavy atom. The van der Waals surface area contributed by atoms with Crippen LogP contribution in [0.15, 0.2) is 40.3 Å². The van der Waals surface area contributed by atoms with E-state index < -0.39 is 0 Å². The molecule has 7 heteroatoms. The zero-order valence-electron chi connectivity index (χ0n) is 11.4. The third-order valence-corrected chi connectivity index (χ3v) is 4.99. The van der Waals surface area contributed by atoms with Gasteiger partial charge in [0.1, 0.15) is 0 Å². The first-order valence-electron chi connectivity index (χ1n) is 6.20. The minimum absolute atomic E-state index is 0.0821. The molecule has 3 rings (SSSR count). The molecule has 0 saturated heterocycles. The molecule has 0 spiro atoms. The summed E-state index contributed by atoms with van der Waals surface area (Å²) in [5, 5.41) is 4.84. The molecule has 21 heavy (non-hydrogen) atoms. The van der Waals surface area contributed by atoms with Gasteiger partial charge in [-0.05, 0) is 31.2 Å². The Labute approximate surface area is 129 Å². The first kappa shape index (κ1) is 14.2. The Morgan fingerprint density at radius 1 is 1.33 bits per heavy atom. The zero-order chi connectivity index (χ0) is 15.0. The molecule has 0 atom stereocenters. The van der Waals surface area contributed by atoms with Crippen molar-refractivity contribution in [3.05, 3.63) is 41.9 Å². The van der Waals surface area contributed by atoms with Crippen molar-refractivity contribution in [2.24, 2.45) is 7.05 Å². The highest BCUT2D eigenvalue weighted by Gasteiger charge is 2.11. The fourth-order valence-electron chi connectivity index (χ4n) is 2.14. The SMILES string of the molecule is Cc1c(Sc2ccc3c(cnn3SF)c2)cc(C=O)n1C. The van der Waals surface area contributed by atoms with Gasteiger partial charge in [-0.25, -0.2) is 0 Å². The van der Waals surface area contributed by atoms with Crippen molar-refractivity contribution in [1.29, 1.82) is 0 Å². The molecule has 2 aromatic heterocycles. The van der Waals surface area contributed by atoms with Crippen LogP contribution in [0.5, 0.6) is 0 Å². The van der Waals surface area contributed by atoms with Crippen LogP contribution in [0.3, 0.4) is 0 Å².